The Balaban J connectivity index is 1.17. The number of hydrogen-bond acceptors (Lipinski definition) is 4. The Morgan fingerprint density at radius 2 is 1.64 bits per heavy atom. The minimum Gasteiger partial charge on any atom is -0.376 e. The molecule has 0 spiro atoms. The normalized spacial score (nSPS) is 15.7. The lowest BCUT2D eigenvalue weighted by Crippen LogP contribution is -2.51. The lowest BCUT2D eigenvalue weighted by atomic mass is 10.1. The fourth-order valence-corrected chi connectivity index (χ4v) is 5.95. The van der Waals surface area contributed by atoms with Crippen LogP contribution in [0.15, 0.2) is 71.6 Å². The van der Waals surface area contributed by atoms with Crippen LogP contribution < -0.4 is 5.32 Å². The number of carbonyl (C=O) groups is 1. The van der Waals surface area contributed by atoms with Gasteiger partial charge >= 0.3 is 0 Å². The smallest absolute Gasteiger partial charge is 0.243 e. The third kappa shape index (κ3) is 4.24. The predicted molar refractivity (Wildman–Crippen MR) is 125 cm³/mol. The third-order valence-electron chi connectivity index (χ3n) is 6.26. The van der Waals surface area contributed by atoms with Crippen molar-refractivity contribution in [1.82, 2.24) is 9.21 Å². The average molecular weight is 466 g/mol. The summed E-state index contributed by atoms with van der Waals surface area (Å²) < 4.78 is 40.2. The second-order valence-corrected chi connectivity index (χ2v) is 10.2. The summed E-state index contributed by atoms with van der Waals surface area (Å²) in [7, 11) is -3.78. The highest BCUT2D eigenvalue weighted by Gasteiger charge is 2.30. The fourth-order valence-electron chi connectivity index (χ4n) is 4.50. The molecule has 6 nitrogen and oxygen atoms in total. The summed E-state index contributed by atoms with van der Waals surface area (Å²) >= 11 is 0. The van der Waals surface area contributed by atoms with E-state index in [0.29, 0.717) is 13.1 Å². The summed E-state index contributed by atoms with van der Waals surface area (Å²) in [5.41, 5.74) is 5.94. The summed E-state index contributed by atoms with van der Waals surface area (Å²) in [6.07, 6.45) is 0.886. The van der Waals surface area contributed by atoms with Crippen molar-refractivity contribution in [3.63, 3.8) is 0 Å². The number of benzene rings is 3. The van der Waals surface area contributed by atoms with Crippen LogP contribution in [0.4, 0.5) is 10.1 Å². The molecular weight excluding hydrogens is 441 g/mol. The first kappa shape index (κ1) is 21.6. The van der Waals surface area contributed by atoms with Crippen molar-refractivity contribution in [2.45, 2.75) is 11.3 Å². The summed E-state index contributed by atoms with van der Waals surface area (Å²) in [5.74, 6) is -0.673. The van der Waals surface area contributed by atoms with Gasteiger partial charge < -0.3 is 10.2 Å². The molecule has 8 heteroatoms. The van der Waals surface area contributed by atoms with Crippen LogP contribution in [0.3, 0.4) is 0 Å². The molecule has 0 saturated carbocycles. The minimum atomic E-state index is -3.78. The van der Waals surface area contributed by atoms with Gasteiger partial charge in [0, 0.05) is 31.9 Å². The predicted octanol–water partition coefficient (Wildman–Crippen LogP) is 3.34. The molecular formula is C25H24FN3O3S. The molecule has 0 bridgehead atoms. The van der Waals surface area contributed by atoms with Crippen molar-refractivity contribution in [1.29, 1.82) is 0 Å². The molecule has 1 heterocycles. The van der Waals surface area contributed by atoms with E-state index in [4.69, 9.17) is 0 Å². The maximum Gasteiger partial charge on any atom is 0.243 e. The van der Waals surface area contributed by atoms with Crippen molar-refractivity contribution in [3.05, 3.63) is 83.7 Å². The Morgan fingerprint density at radius 1 is 0.879 bits per heavy atom. The number of anilines is 1. The third-order valence-corrected chi connectivity index (χ3v) is 8.16. The monoisotopic (exact) mass is 465 g/mol. The molecule has 5 rings (SSSR count). The van der Waals surface area contributed by atoms with Gasteiger partial charge in [0.05, 0.1) is 11.4 Å². The van der Waals surface area contributed by atoms with Crippen LogP contribution in [0.5, 0.6) is 0 Å². The maximum absolute atomic E-state index is 13.5. The van der Waals surface area contributed by atoms with Gasteiger partial charge in [0.25, 0.3) is 0 Å². The molecule has 1 aliphatic carbocycles. The molecule has 1 N–H and O–H groups in total. The van der Waals surface area contributed by atoms with Gasteiger partial charge in [-0.25, -0.2) is 12.8 Å². The van der Waals surface area contributed by atoms with Gasteiger partial charge in [0.2, 0.25) is 15.9 Å². The highest BCUT2D eigenvalue weighted by Crippen LogP contribution is 2.37. The van der Waals surface area contributed by atoms with Crippen molar-refractivity contribution in [2.24, 2.45) is 0 Å². The van der Waals surface area contributed by atoms with Gasteiger partial charge in [-0.05, 0) is 59.0 Å². The number of amides is 1. The van der Waals surface area contributed by atoms with Gasteiger partial charge in [-0.15, -0.1) is 0 Å². The van der Waals surface area contributed by atoms with E-state index in [1.165, 1.54) is 44.8 Å². The zero-order chi connectivity index (χ0) is 23.0. The molecule has 0 unspecified atom stereocenters. The van der Waals surface area contributed by atoms with E-state index in [0.717, 1.165) is 18.2 Å². The Morgan fingerprint density at radius 3 is 2.42 bits per heavy atom. The molecule has 3 aromatic rings. The molecule has 0 aromatic heterocycles. The van der Waals surface area contributed by atoms with E-state index >= 15 is 0 Å². The van der Waals surface area contributed by atoms with Gasteiger partial charge in [-0.1, -0.05) is 36.4 Å². The molecule has 1 aliphatic heterocycles. The Labute approximate surface area is 192 Å². The first-order chi connectivity index (χ1) is 15.9. The van der Waals surface area contributed by atoms with E-state index in [1.54, 1.807) is 4.90 Å². The van der Waals surface area contributed by atoms with E-state index < -0.39 is 15.8 Å². The molecule has 1 saturated heterocycles. The lowest BCUT2D eigenvalue weighted by molar-refractivity contribution is -0.130. The van der Waals surface area contributed by atoms with Crippen molar-refractivity contribution < 1.29 is 17.6 Å². The van der Waals surface area contributed by atoms with Crippen LogP contribution in [0, 0.1) is 5.82 Å². The summed E-state index contributed by atoms with van der Waals surface area (Å²) in [6.45, 7) is 1.11. The molecule has 0 atom stereocenters. The first-order valence-electron chi connectivity index (χ1n) is 10.9. The Hall–Kier alpha value is -3.23. The quantitative estimate of drug-likeness (QED) is 0.491. The summed E-state index contributed by atoms with van der Waals surface area (Å²) in [5, 5.41) is 3.21. The van der Waals surface area contributed by atoms with Crippen molar-refractivity contribution >= 4 is 21.6 Å². The molecule has 2 aliphatic rings. The van der Waals surface area contributed by atoms with E-state index in [2.05, 4.69) is 29.6 Å². The molecule has 1 amide bonds. The number of rotatable bonds is 5. The lowest BCUT2D eigenvalue weighted by Gasteiger charge is -2.34. The van der Waals surface area contributed by atoms with Gasteiger partial charge in [-0.2, -0.15) is 4.31 Å². The van der Waals surface area contributed by atoms with Gasteiger partial charge in [0.15, 0.2) is 0 Å². The van der Waals surface area contributed by atoms with Crippen LogP contribution >= 0.6 is 0 Å². The van der Waals surface area contributed by atoms with E-state index in [-0.39, 0.29) is 30.4 Å². The molecule has 33 heavy (non-hydrogen) atoms. The zero-order valence-electron chi connectivity index (χ0n) is 18.0. The van der Waals surface area contributed by atoms with E-state index in [9.17, 15) is 17.6 Å². The minimum absolute atomic E-state index is 0.0669. The number of nitrogens with zero attached hydrogens (tertiary/aromatic N) is 2. The first-order valence-corrected chi connectivity index (χ1v) is 12.3. The number of sulfonamides is 1. The van der Waals surface area contributed by atoms with E-state index in [1.807, 2.05) is 18.2 Å². The second kappa shape index (κ2) is 8.61. The number of piperazine rings is 1. The second-order valence-electron chi connectivity index (χ2n) is 8.30. The van der Waals surface area contributed by atoms with Crippen LogP contribution in [0.1, 0.15) is 11.1 Å². The number of carbonyl (C=O) groups excluding carboxylic acids is 1. The summed E-state index contributed by atoms with van der Waals surface area (Å²) in [4.78, 5) is 14.3. The number of hydrogen-bond donors (Lipinski definition) is 1. The molecule has 3 aromatic carbocycles. The SMILES string of the molecule is O=C(CNc1ccc2c(c1)Cc1ccccc1-2)N1CCN(S(=O)(=O)c2cccc(F)c2)CC1. The standard InChI is InChI=1S/C25H24FN3O3S/c26-20-5-3-6-22(16-20)33(31,32)29-12-10-28(11-13-29)25(30)17-27-21-8-9-24-19(15-21)14-18-4-1-2-7-23(18)24/h1-9,15-16,27H,10-14,17H2. The number of nitrogens with one attached hydrogen (secondary N) is 1. The fraction of sp³-hybridized carbons (Fsp3) is 0.240. The molecule has 170 valence electrons. The number of fused-ring (bicyclic) bond motifs is 3. The van der Waals surface area contributed by atoms with Crippen LogP contribution in [-0.4, -0.2) is 56.3 Å². The topological polar surface area (TPSA) is 69.7 Å². The van der Waals surface area contributed by atoms with Gasteiger partial charge in [0.1, 0.15) is 5.82 Å². The average Bonchev–Trinajstić information content (AvgIpc) is 3.20. The van der Waals surface area contributed by atoms with Gasteiger partial charge in [-0.3, -0.25) is 4.79 Å². The van der Waals surface area contributed by atoms with Crippen LogP contribution in [0.25, 0.3) is 11.1 Å². The number of halogens is 1. The summed E-state index contributed by atoms with van der Waals surface area (Å²) in [6, 6.07) is 19.5. The van der Waals surface area contributed by atoms with Crippen molar-refractivity contribution in [3.8, 4) is 11.1 Å². The maximum atomic E-state index is 13.5. The van der Waals surface area contributed by atoms with Crippen molar-refractivity contribution in [2.75, 3.05) is 38.0 Å². The highest BCUT2D eigenvalue weighted by atomic mass is 32.2. The molecule has 0 radical (unpaired) electrons. The highest BCUT2D eigenvalue weighted by molar-refractivity contribution is 7.89. The Bertz CT molecular complexity index is 1320. The zero-order valence-corrected chi connectivity index (χ0v) is 18.8. The largest absolute Gasteiger partial charge is 0.376 e. The van der Waals surface area contributed by atoms with Crippen LogP contribution in [0.2, 0.25) is 0 Å². The van der Waals surface area contributed by atoms with Crippen LogP contribution in [-0.2, 0) is 21.2 Å². The molecule has 1 fully saturated rings. The Kier molecular flexibility index (Phi) is 5.64.